The van der Waals surface area contributed by atoms with E-state index in [4.69, 9.17) is 0 Å². The van der Waals surface area contributed by atoms with Gasteiger partial charge in [0.05, 0.1) is 11.6 Å². The lowest BCUT2D eigenvalue weighted by molar-refractivity contribution is 0.0938. The number of aromatic amines is 1. The first-order valence-corrected chi connectivity index (χ1v) is 4.97. The highest BCUT2D eigenvalue weighted by molar-refractivity contribution is 5.93. The fourth-order valence-electron chi connectivity index (χ4n) is 1.36. The number of carbonyl (C=O) groups is 1. The molecule has 2 heterocycles. The lowest BCUT2D eigenvalue weighted by Crippen LogP contribution is -2.27. The molecule has 0 bridgehead atoms. The summed E-state index contributed by atoms with van der Waals surface area (Å²) in [5, 5.41) is 2.83. The van der Waals surface area contributed by atoms with Crippen LogP contribution in [0.2, 0.25) is 0 Å². The summed E-state index contributed by atoms with van der Waals surface area (Å²) in [6, 6.07) is 3.30. The Hall–Kier alpha value is -2.17. The van der Waals surface area contributed by atoms with Crippen molar-refractivity contribution < 1.29 is 4.79 Å². The number of carbonyl (C=O) groups excluding carboxylic acids is 1. The van der Waals surface area contributed by atoms with Crippen LogP contribution in [0.15, 0.2) is 36.9 Å². The van der Waals surface area contributed by atoms with Gasteiger partial charge in [-0.25, -0.2) is 4.98 Å². The Morgan fingerprint density at radius 1 is 1.50 bits per heavy atom. The molecule has 5 nitrogen and oxygen atoms in total. The molecule has 0 aromatic carbocycles. The fraction of sp³-hybridized carbons (Fsp3) is 0.182. The Labute approximate surface area is 92.9 Å². The van der Waals surface area contributed by atoms with Crippen molar-refractivity contribution in [3.63, 3.8) is 0 Å². The number of amides is 1. The number of pyridine rings is 1. The lowest BCUT2D eigenvalue weighted by atomic mass is 10.2. The molecule has 0 saturated carbocycles. The molecule has 1 atom stereocenters. The Morgan fingerprint density at radius 2 is 2.38 bits per heavy atom. The van der Waals surface area contributed by atoms with E-state index in [1.165, 1.54) is 6.20 Å². The predicted octanol–water partition coefficient (Wildman–Crippen LogP) is 1.30. The molecule has 16 heavy (non-hydrogen) atoms. The summed E-state index contributed by atoms with van der Waals surface area (Å²) in [5.41, 5.74) is 0.543. The van der Waals surface area contributed by atoms with Crippen LogP contribution in [-0.4, -0.2) is 20.9 Å². The van der Waals surface area contributed by atoms with Crippen LogP contribution < -0.4 is 5.32 Å². The van der Waals surface area contributed by atoms with Crippen molar-refractivity contribution >= 4 is 5.91 Å². The van der Waals surface area contributed by atoms with Crippen LogP contribution in [0.4, 0.5) is 0 Å². The average Bonchev–Trinajstić information content (AvgIpc) is 2.83. The van der Waals surface area contributed by atoms with E-state index in [1.54, 1.807) is 30.7 Å². The van der Waals surface area contributed by atoms with Gasteiger partial charge in [0.15, 0.2) is 0 Å². The van der Waals surface area contributed by atoms with Crippen molar-refractivity contribution in [2.75, 3.05) is 0 Å². The molecule has 2 rings (SSSR count). The Bertz CT molecular complexity index is 452. The van der Waals surface area contributed by atoms with E-state index in [-0.39, 0.29) is 11.9 Å². The molecule has 5 heteroatoms. The van der Waals surface area contributed by atoms with Gasteiger partial charge in [-0.15, -0.1) is 0 Å². The third kappa shape index (κ3) is 2.25. The van der Waals surface area contributed by atoms with Gasteiger partial charge in [-0.3, -0.25) is 9.78 Å². The fourth-order valence-corrected chi connectivity index (χ4v) is 1.36. The van der Waals surface area contributed by atoms with E-state index in [0.717, 1.165) is 5.82 Å². The summed E-state index contributed by atoms with van der Waals surface area (Å²) in [7, 11) is 0. The molecule has 0 aliphatic carbocycles. The molecule has 0 saturated heterocycles. The number of H-pyrrole nitrogens is 1. The molecule has 0 spiro atoms. The van der Waals surface area contributed by atoms with Crippen molar-refractivity contribution in [3.8, 4) is 0 Å². The van der Waals surface area contributed by atoms with E-state index < -0.39 is 0 Å². The molecule has 82 valence electrons. The van der Waals surface area contributed by atoms with Crippen LogP contribution >= 0.6 is 0 Å². The third-order valence-electron chi connectivity index (χ3n) is 2.20. The molecule has 0 aliphatic heterocycles. The summed E-state index contributed by atoms with van der Waals surface area (Å²) in [6.45, 7) is 1.87. The number of imidazole rings is 1. The van der Waals surface area contributed by atoms with Crippen molar-refractivity contribution in [3.05, 3.63) is 48.3 Å². The number of aromatic nitrogens is 3. The van der Waals surface area contributed by atoms with Gasteiger partial charge in [-0.05, 0) is 19.1 Å². The van der Waals surface area contributed by atoms with Gasteiger partial charge >= 0.3 is 0 Å². The summed E-state index contributed by atoms with van der Waals surface area (Å²) >= 11 is 0. The minimum atomic E-state index is -0.156. The van der Waals surface area contributed by atoms with Crippen LogP contribution in [0.5, 0.6) is 0 Å². The largest absolute Gasteiger partial charge is 0.347 e. The number of rotatable bonds is 3. The van der Waals surface area contributed by atoms with Crippen LogP contribution in [-0.2, 0) is 0 Å². The second-order valence-corrected chi connectivity index (χ2v) is 3.41. The van der Waals surface area contributed by atoms with Crippen molar-refractivity contribution in [2.24, 2.45) is 0 Å². The minimum absolute atomic E-state index is 0.150. The Kier molecular flexibility index (Phi) is 2.95. The maximum atomic E-state index is 11.8. The van der Waals surface area contributed by atoms with Crippen molar-refractivity contribution in [2.45, 2.75) is 13.0 Å². The zero-order valence-electron chi connectivity index (χ0n) is 8.84. The van der Waals surface area contributed by atoms with E-state index in [1.807, 2.05) is 6.92 Å². The van der Waals surface area contributed by atoms with Gasteiger partial charge in [0.1, 0.15) is 5.82 Å². The maximum Gasteiger partial charge on any atom is 0.253 e. The van der Waals surface area contributed by atoms with Crippen molar-refractivity contribution in [1.29, 1.82) is 0 Å². The van der Waals surface area contributed by atoms with Gasteiger partial charge in [-0.2, -0.15) is 0 Å². The Morgan fingerprint density at radius 3 is 3.00 bits per heavy atom. The number of hydrogen-bond acceptors (Lipinski definition) is 3. The summed E-state index contributed by atoms with van der Waals surface area (Å²) in [4.78, 5) is 22.7. The first kappa shape index (κ1) is 10.4. The molecule has 0 radical (unpaired) electrons. The van der Waals surface area contributed by atoms with Crippen molar-refractivity contribution in [1.82, 2.24) is 20.3 Å². The van der Waals surface area contributed by atoms with Crippen LogP contribution in [0.3, 0.4) is 0 Å². The predicted molar refractivity (Wildman–Crippen MR) is 58.7 cm³/mol. The molecule has 2 aromatic heterocycles. The quantitative estimate of drug-likeness (QED) is 0.812. The highest BCUT2D eigenvalue weighted by Gasteiger charge is 2.12. The maximum absolute atomic E-state index is 11.8. The number of nitrogens with zero attached hydrogens (tertiary/aromatic N) is 2. The molecular formula is C11H12N4O. The zero-order chi connectivity index (χ0) is 11.4. The van der Waals surface area contributed by atoms with Gasteiger partial charge in [-0.1, -0.05) is 0 Å². The molecule has 0 fully saturated rings. The molecule has 0 aliphatic rings. The normalized spacial score (nSPS) is 12.1. The summed E-state index contributed by atoms with van der Waals surface area (Å²) in [5.74, 6) is 0.578. The van der Waals surface area contributed by atoms with E-state index in [0.29, 0.717) is 5.56 Å². The van der Waals surface area contributed by atoms with Crippen LogP contribution in [0.25, 0.3) is 0 Å². The van der Waals surface area contributed by atoms with Gasteiger partial charge < -0.3 is 10.3 Å². The average molecular weight is 216 g/mol. The minimum Gasteiger partial charge on any atom is -0.347 e. The van der Waals surface area contributed by atoms with Gasteiger partial charge in [0.25, 0.3) is 5.91 Å². The molecular weight excluding hydrogens is 204 g/mol. The monoisotopic (exact) mass is 216 g/mol. The molecule has 2 aromatic rings. The summed E-state index contributed by atoms with van der Waals surface area (Å²) < 4.78 is 0. The zero-order valence-corrected chi connectivity index (χ0v) is 8.84. The third-order valence-corrected chi connectivity index (χ3v) is 2.20. The lowest BCUT2D eigenvalue weighted by Gasteiger charge is -2.10. The van der Waals surface area contributed by atoms with E-state index >= 15 is 0 Å². The molecule has 1 amide bonds. The first-order valence-electron chi connectivity index (χ1n) is 4.97. The highest BCUT2D eigenvalue weighted by atomic mass is 16.1. The van der Waals surface area contributed by atoms with Crippen LogP contribution in [0.1, 0.15) is 29.1 Å². The second-order valence-electron chi connectivity index (χ2n) is 3.41. The standard InChI is InChI=1S/C11H12N4O/c1-8(10-13-5-6-14-10)15-11(16)9-3-2-4-12-7-9/h2-8H,1H3,(H,13,14)(H,15,16). The van der Waals surface area contributed by atoms with E-state index in [9.17, 15) is 4.79 Å². The SMILES string of the molecule is CC(NC(=O)c1cccnc1)c1ncc[nH]1. The highest BCUT2D eigenvalue weighted by Crippen LogP contribution is 2.06. The first-order chi connectivity index (χ1) is 7.77. The van der Waals surface area contributed by atoms with E-state index in [2.05, 4.69) is 20.3 Å². The summed E-state index contributed by atoms with van der Waals surface area (Å²) in [6.07, 6.45) is 6.54. The van der Waals surface area contributed by atoms with Crippen LogP contribution in [0, 0.1) is 0 Å². The second kappa shape index (κ2) is 4.57. The molecule has 2 N–H and O–H groups in total. The smallest absolute Gasteiger partial charge is 0.253 e. The Balaban J connectivity index is 2.03. The number of hydrogen-bond donors (Lipinski definition) is 2. The topological polar surface area (TPSA) is 70.7 Å². The van der Waals surface area contributed by atoms with Gasteiger partial charge in [0.2, 0.25) is 0 Å². The molecule has 1 unspecified atom stereocenters. The van der Waals surface area contributed by atoms with Gasteiger partial charge in [0, 0.05) is 24.8 Å². The number of nitrogens with one attached hydrogen (secondary N) is 2.